The van der Waals surface area contributed by atoms with Gasteiger partial charge in [-0.05, 0) is 38.5 Å². The summed E-state index contributed by atoms with van der Waals surface area (Å²) < 4.78 is 0. The zero-order valence-corrected chi connectivity index (χ0v) is 8.81. The van der Waals surface area contributed by atoms with Crippen LogP contribution in [0.5, 0.6) is 0 Å². The summed E-state index contributed by atoms with van der Waals surface area (Å²) in [5.74, 6) is 1.10. The van der Waals surface area contributed by atoms with E-state index < -0.39 is 0 Å². The van der Waals surface area contributed by atoms with E-state index in [4.69, 9.17) is 0 Å². The Labute approximate surface area is 81.2 Å². The summed E-state index contributed by atoms with van der Waals surface area (Å²) in [5.41, 5.74) is 1.50. The van der Waals surface area contributed by atoms with E-state index in [1.807, 2.05) is 0 Å². The molecule has 1 unspecified atom stereocenters. The third kappa shape index (κ3) is 3.75. The maximum atomic E-state index is 11.4. The fourth-order valence-electron chi connectivity index (χ4n) is 1.91. The van der Waals surface area contributed by atoms with E-state index in [0.717, 1.165) is 25.7 Å². The van der Waals surface area contributed by atoms with Gasteiger partial charge in [0, 0.05) is 12.8 Å². The number of allylic oxidation sites excluding steroid dienone is 2. The first-order valence-electron chi connectivity index (χ1n) is 5.39. The molecule has 0 aliphatic heterocycles. The van der Waals surface area contributed by atoms with Gasteiger partial charge in [-0.1, -0.05) is 18.6 Å². The van der Waals surface area contributed by atoms with Crippen LogP contribution in [0.15, 0.2) is 11.6 Å². The molecule has 0 fully saturated rings. The van der Waals surface area contributed by atoms with Crippen molar-refractivity contribution in [2.45, 2.75) is 52.4 Å². The van der Waals surface area contributed by atoms with Crippen LogP contribution in [0.3, 0.4) is 0 Å². The summed E-state index contributed by atoms with van der Waals surface area (Å²) in [6.07, 6.45) is 8.44. The molecule has 0 saturated heterocycles. The second-order valence-electron chi connectivity index (χ2n) is 4.18. The monoisotopic (exact) mass is 180 g/mol. The van der Waals surface area contributed by atoms with Crippen molar-refractivity contribution >= 4 is 5.78 Å². The zero-order valence-electron chi connectivity index (χ0n) is 8.81. The molecule has 1 aliphatic carbocycles. The molecule has 0 aromatic rings. The van der Waals surface area contributed by atoms with E-state index in [1.165, 1.54) is 18.4 Å². The molecule has 1 heteroatoms. The van der Waals surface area contributed by atoms with Gasteiger partial charge in [0.25, 0.3) is 0 Å². The number of carbonyl (C=O) groups excluding carboxylic acids is 1. The molecule has 0 heterocycles. The maximum absolute atomic E-state index is 11.4. The number of rotatable bonds is 4. The highest BCUT2D eigenvalue weighted by molar-refractivity contribution is 5.78. The number of hydrogen-bond donors (Lipinski definition) is 0. The summed E-state index contributed by atoms with van der Waals surface area (Å²) in [5, 5.41) is 0. The lowest BCUT2D eigenvalue weighted by molar-refractivity contribution is -0.120. The average Bonchev–Trinajstić information content (AvgIpc) is 2.09. The summed E-state index contributed by atoms with van der Waals surface area (Å²) in [7, 11) is 0. The molecule has 0 aromatic carbocycles. The van der Waals surface area contributed by atoms with Crippen molar-refractivity contribution < 1.29 is 4.79 Å². The molecule has 0 bridgehead atoms. The molecule has 74 valence electrons. The van der Waals surface area contributed by atoms with Crippen LogP contribution in [0.25, 0.3) is 0 Å². The summed E-state index contributed by atoms with van der Waals surface area (Å²) in [6.45, 7) is 4.26. The van der Waals surface area contributed by atoms with Gasteiger partial charge in [-0.15, -0.1) is 0 Å². The van der Waals surface area contributed by atoms with Crippen molar-refractivity contribution in [3.05, 3.63) is 11.6 Å². The van der Waals surface area contributed by atoms with E-state index in [2.05, 4.69) is 19.9 Å². The van der Waals surface area contributed by atoms with Crippen LogP contribution in [0.2, 0.25) is 0 Å². The Kier molecular flexibility index (Phi) is 4.20. The Hall–Kier alpha value is -0.590. The van der Waals surface area contributed by atoms with Crippen molar-refractivity contribution in [2.24, 2.45) is 5.92 Å². The van der Waals surface area contributed by atoms with E-state index in [1.54, 1.807) is 0 Å². The molecule has 0 spiro atoms. The second-order valence-corrected chi connectivity index (χ2v) is 4.18. The molecular formula is C12H20O. The van der Waals surface area contributed by atoms with Crippen molar-refractivity contribution in [3.8, 4) is 0 Å². The minimum absolute atomic E-state index is 0.459. The molecule has 1 nitrogen and oxygen atoms in total. The Bertz CT molecular complexity index is 203. The Morgan fingerprint density at radius 1 is 1.62 bits per heavy atom. The van der Waals surface area contributed by atoms with E-state index in [9.17, 15) is 4.79 Å². The third-order valence-electron chi connectivity index (χ3n) is 2.79. The van der Waals surface area contributed by atoms with Gasteiger partial charge in [-0.3, -0.25) is 4.79 Å². The lowest BCUT2D eigenvalue weighted by atomic mass is 9.86. The quantitative estimate of drug-likeness (QED) is 0.605. The van der Waals surface area contributed by atoms with Gasteiger partial charge in [0.15, 0.2) is 0 Å². The first-order chi connectivity index (χ1) is 6.22. The van der Waals surface area contributed by atoms with Crippen LogP contribution in [-0.4, -0.2) is 5.78 Å². The van der Waals surface area contributed by atoms with Gasteiger partial charge in [0.1, 0.15) is 5.78 Å². The highest BCUT2D eigenvalue weighted by atomic mass is 16.1. The third-order valence-corrected chi connectivity index (χ3v) is 2.79. The molecule has 0 amide bonds. The van der Waals surface area contributed by atoms with Gasteiger partial charge in [-0.2, -0.15) is 0 Å². The standard InChI is InChI=1S/C12H20O/c1-3-4-12(13)9-11-7-5-10(2)6-8-11/h5,11H,3-4,6-9H2,1-2H3. The van der Waals surface area contributed by atoms with Gasteiger partial charge in [0.05, 0.1) is 0 Å². The first kappa shape index (κ1) is 10.5. The minimum atomic E-state index is 0.459. The SMILES string of the molecule is CCCC(=O)CC1CC=C(C)CC1. The number of hydrogen-bond acceptors (Lipinski definition) is 1. The van der Waals surface area contributed by atoms with Crippen LogP contribution >= 0.6 is 0 Å². The topological polar surface area (TPSA) is 17.1 Å². The number of ketones is 1. The number of carbonyl (C=O) groups is 1. The molecule has 1 atom stereocenters. The van der Waals surface area contributed by atoms with Crippen molar-refractivity contribution in [2.75, 3.05) is 0 Å². The van der Waals surface area contributed by atoms with Gasteiger partial charge >= 0.3 is 0 Å². The highest BCUT2D eigenvalue weighted by Crippen LogP contribution is 2.26. The van der Waals surface area contributed by atoms with Crippen LogP contribution in [0.4, 0.5) is 0 Å². The van der Waals surface area contributed by atoms with Gasteiger partial charge in [0.2, 0.25) is 0 Å². The Morgan fingerprint density at radius 3 is 2.92 bits per heavy atom. The predicted octanol–water partition coefficient (Wildman–Crippen LogP) is 3.49. The van der Waals surface area contributed by atoms with E-state index in [0.29, 0.717) is 11.7 Å². The van der Waals surface area contributed by atoms with Crippen molar-refractivity contribution in [1.82, 2.24) is 0 Å². The van der Waals surface area contributed by atoms with Crippen LogP contribution < -0.4 is 0 Å². The predicted molar refractivity (Wildman–Crippen MR) is 55.6 cm³/mol. The first-order valence-corrected chi connectivity index (χ1v) is 5.39. The van der Waals surface area contributed by atoms with Gasteiger partial charge in [-0.25, -0.2) is 0 Å². The highest BCUT2D eigenvalue weighted by Gasteiger charge is 2.15. The van der Waals surface area contributed by atoms with Crippen LogP contribution in [-0.2, 0) is 4.79 Å². The molecular weight excluding hydrogens is 160 g/mol. The lowest BCUT2D eigenvalue weighted by Gasteiger charge is -2.19. The van der Waals surface area contributed by atoms with E-state index in [-0.39, 0.29) is 0 Å². The van der Waals surface area contributed by atoms with Crippen molar-refractivity contribution in [3.63, 3.8) is 0 Å². The second kappa shape index (κ2) is 5.21. The average molecular weight is 180 g/mol. The smallest absolute Gasteiger partial charge is 0.133 e. The molecule has 0 radical (unpaired) electrons. The van der Waals surface area contributed by atoms with Crippen LogP contribution in [0.1, 0.15) is 52.4 Å². The van der Waals surface area contributed by atoms with Crippen molar-refractivity contribution in [1.29, 1.82) is 0 Å². The summed E-state index contributed by atoms with van der Waals surface area (Å²) in [4.78, 5) is 11.4. The zero-order chi connectivity index (χ0) is 9.68. The van der Waals surface area contributed by atoms with E-state index >= 15 is 0 Å². The largest absolute Gasteiger partial charge is 0.300 e. The fraction of sp³-hybridized carbons (Fsp3) is 0.750. The Balaban J connectivity index is 2.27. The Morgan fingerprint density at radius 2 is 2.38 bits per heavy atom. The molecule has 13 heavy (non-hydrogen) atoms. The molecule has 1 aliphatic rings. The maximum Gasteiger partial charge on any atom is 0.133 e. The molecule has 0 saturated carbocycles. The lowest BCUT2D eigenvalue weighted by Crippen LogP contribution is -2.10. The number of Topliss-reactive ketones (excluding diaryl/α,β-unsaturated/α-hetero) is 1. The summed E-state index contributed by atoms with van der Waals surface area (Å²) in [6, 6.07) is 0. The molecule has 0 N–H and O–H groups in total. The van der Waals surface area contributed by atoms with Crippen LogP contribution in [0, 0.1) is 5.92 Å². The van der Waals surface area contributed by atoms with Gasteiger partial charge < -0.3 is 0 Å². The molecule has 0 aromatic heterocycles. The summed E-state index contributed by atoms with van der Waals surface area (Å²) >= 11 is 0. The minimum Gasteiger partial charge on any atom is -0.300 e. The fourth-order valence-corrected chi connectivity index (χ4v) is 1.91. The molecule has 1 rings (SSSR count). The normalized spacial score (nSPS) is 22.6.